The maximum Gasteiger partial charge on any atom is 0.255 e. The minimum absolute atomic E-state index is 0.0131. The second-order valence-corrected chi connectivity index (χ2v) is 9.29. The number of halogens is 2. The van der Waals surface area contributed by atoms with E-state index in [1.54, 1.807) is 12.0 Å². The molecular formula is C17H24Cl2N2O4S. The fourth-order valence-electron chi connectivity index (χ4n) is 2.72. The highest BCUT2D eigenvalue weighted by molar-refractivity contribution is 7.89. The molecule has 1 aliphatic rings. The van der Waals surface area contributed by atoms with Crippen molar-refractivity contribution in [2.24, 2.45) is 5.92 Å². The van der Waals surface area contributed by atoms with E-state index in [1.165, 1.54) is 12.1 Å². The van der Waals surface area contributed by atoms with Crippen LogP contribution in [0.25, 0.3) is 0 Å². The maximum atomic E-state index is 12.8. The number of benzene rings is 1. The summed E-state index contributed by atoms with van der Waals surface area (Å²) in [6, 6.07) is 2.57. The van der Waals surface area contributed by atoms with Gasteiger partial charge in [-0.15, -0.1) is 0 Å². The Morgan fingerprint density at radius 1 is 1.27 bits per heavy atom. The monoisotopic (exact) mass is 422 g/mol. The summed E-state index contributed by atoms with van der Waals surface area (Å²) < 4.78 is 32.8. The summed E-state index contributed by atoms with van der Waals surface area (Å²) in [7, 11) is -2.18. The lowest BCUT2D eigenvalue weighted by atomic mass is 10.1. The van der Waals surface area contributed by atoms with E-state index in [2.05, 4.69) is 4.72 Å². The summed E-state index contributed by atoms with van der Waals surface area (Å²) in [5.41, 5.74) is 0.136. The van der Waals surface area contributed by atoms with Crippen LogP contribution in [0.4, 0.5) is 0 Å². The van der Waals surface area contributed by atoms with Crippen molar-refractivity contribution in [3.8, 4) is 0 Å². The molecule has 0 bridgehead atoms. The van der Waals surface area contributed by atoms with Crippen molar-refractivity contribution in [1.29, 1.82) is 0 Å². The Morgan fingerprint density at radius 2 is 1.88 bits per heavy atom. The first kappa shape index (κ1) is 21.4. The number of rotatable bonds is 6. The molecule has 0 spiro atoms. The highest BCUT2D eigenvalue weighted by atomic mass is 35.5. The number of nitrogens with zero attached hydrogens (tertiary/aromatic N) is 1. The normalized spacial score (nSPS) is 16.3. The standard InChI is InChI=1S/C17H24Cl2N2O4S/c1-11(2)10-20-26(23,24)16-8-13(14(18)9-15(16)19)17(22)21-6-4-12(25-3)5-7-21/h8-9,11-12,20H,4-7,10H2,1-3H3. The molecule has 26 heavy (non-hydrogen) atoms. The van der Waals surface area contributed by atoms with Gasteiger partial charge in [-0.2, -0.15) is 0 Å². The van der Waals surface area contributed by atoms with Crippen molar-refractivity contribution in [3.05, 3.63) is 27.7 Å². The molecule has 1 fully saturated rings. The summed E-state index contributed by atoms with van der Waals surface area (Å²) in [5, 5.41) is 0.123. The van der Waals surface area contributed by atoms with Crippen LogP contribution in [0.1, 0.15) is 37.0 Å². The molecule has 1 saturated heterocycles. The van der Waals surface area contributed by atoms with Crippen LogP contribution in [0.2, 0.25) is 10.0 Å². The summed E-state index contributed by atoms with van der Waals surface area (Å²) in [4.78, 5) is 14.3. The number of hydrogen-bond acceptors (Lipinski definition) is 4. The molecule has 1 aromatic rings. The number of carbonyl (C=O) groups is 1. The van der Waals surface area contributed by atoms with Crippen LogP contribution in [-0.4, -0.2) is 52.1 Å². The third-order valence-corrected chi connectivity index (χ3v) is 6.49. The van der Waals surface area contributed by atoms with E-state index >= 15 is 0 Å². The Kier molecular flexibility index (Phi) is 7.33. The second kappa shape index (κ2) is 8.89. The van der Waals surface area contributed by atoms with E-state index in [9.17, 15) is 13.2 Å². The van der Waals surface area contributed by atoms with Crippen LogP contribution >= 0.6 is 23.2 Å². The summed E-state index contributed by atoms with van der Waals surface area (Å²) in [6.07, 6.45) is 1.60. The first-order valence-electron chi connectivity index (χ1n) is 8.46. The summed E-state index contributed by atoms with van der Waals surface area (Å²) in [5.74, 6) is -0.166. The van der Waals surface area contributed by atoms with Gasteiger partial charge in [0.25, 0.3) is 5.91 Å². The molecule has 6 nitrogen and oxygen atoms in total. The van der Waals surface area contributed by atoms with E-state index in [0.717, 1.165) is 12.8 Å². The van der Waals surface area contributed by atoms with Gasteiger partial charge in [-0.25, -0.2) is 13.1 Å². The van der Waals surface area contributed by atoms with E-state index in [-0.39, 0.29) is 45.0 Å². The van der Waals surface area contributed by atoms with Crippen LogP contribution in [0.3, 0.4) is 0 Å². The predicted octanol–water partition coefficient (Wildman–Crippen LogP) is 3.18. The minimum atomic E-state index is -3.83. The number of ether oxygens (including phenoxy) is 1. The van der Waals surface area contributed by atoms with Gasteiger partial charge >= 0.3 is 0 Å². The molecule has 1 aromatic carbocycles. The van der Waals surface area contributed by atoms with Crippen molar-refractivity contribution in [2.45, 2.75) is 37.7 Å². The van der Waals surface area contributed by atoms with Gasteiger partial charge in [0, 0.05) is 26.7 Å². The lowest BCUT2D eigenvalue weighted by Crippen LogP contribution is -2.40. The highest BCUT2D eigenvalue weighted by Crippen LogP contribution is 2.30. The second-order valence-electron chi connectivity index (χ2n) is 6.74. The molecule has 0 aliphatic carbocycles. The van der Waals surface area contributed by atoms with Gasteiger partial charge in [-0.3, -0.25) is 4.79 Å². The van der Waals surface area contributed by atoms with Crippen LogP contribution < -0.4 is 4.72 Å². The van der Waals surface area contributed by atoms with Crippen molar-refractivity contribution in [3.63, 3.8) is 0 Å². The zero-order valence-corrected chi connectivity index (χ0v) is 17.4. The fourth-order valence-corrected chi connectivity index (χ4v) is 4.78. The van der Waals surface area contributed by atoms with E-state index in [0.29, 0.717) is 13.1 Å². The SMILES string of the molecule is COC1CCN(C(=O)c2cc(S(=O)(=O)NCC(C)C)c(Cl)cc2Cl)CC1. The Hall–Kier alpha value is -0.860. The van der Waals surface area contributed by atoms with E-state index < -0.39 is 10.0 Å². The van der Waals surface area contributed by atoms with Gasteiger partial charge in [0.1, 0.15) is 4.90 Å². The van der Waals surface area contributed by atoms with Crippen LogP contribution in [-0.2, 0) is 14.8 Å². The number of piperidine rings is 1. The molecular weight excluding hydrogens is 399 g/mol. The molecule has 146 valence electrons. The zero-order chi connectivity index (χ0) is 19.5. The molecule has 0 unspecified atom stereocenters. The quantitative estimate of drug-likeness (QED) is 0.763. The van der Waals surface area contributed by atoms with Gasteiger partial charge in [-0.1, -0.05) is 37.0 Å². The third kappa shape index (κ3) is 5.10. The Morgan fingerprint density at radius 3 is 2.42 bits per heavy atom. The zero-order valence-electron chi connectivity index (χ0n) is 15.1. The number of nitrogens with one attached hydrogen (secondary N) is 1. The predicted molar refractivity (Wildman–Crippen MR) is 102 cm³/mol. The number of amides is 1. The lowest BCUT2D eigenvalue weighted by molar-refractivity contribution is 0.0351. The molecule has 0 atom stereocenters. The number of likely N-dealkylation sites (tertiary alicyclic amines) is 1. The molecule has 0 saturated carbocycles. The Bertz CT molecular complexity index is 760. The largest absolute Gasteiger partial charge is 0.381 e. The van der Waals surface area contributed by atoms with Crippen molar-refractivity contribution in [2.75, 3.05) is 26.7 Å². The van der Waals surface area contributed by atoms with Gasteiger partial charge in [-0.05, 0) is 30.9 Å². The molecule has 1 heterocycles. The number of hydrogen-bond donors (Lipinski definition) is 1. The van der Waals surface area contributed by atoms with Crippen molar-refractivity contribution in [1.82, 2.24) is 9.62 Å². The molecule has 1 N–H and O–H groups in total. The maximum absolute atomic E-state index is 12.8. The van der Waals surface area contributed by atoms with Gasteiger partial charge in [0.15, 0.2) is 0 Å². The van der Waals surface area contributed by atoms with E-state index in [4.69, 9.17) is 27.9 Å². The van der Waals surface area contributed by atoms with Gasteiger partial charge in [0.05, 0.1) is 21.7 Å². The summed E-state index contributed by atoms with van der Waals surface area (Å²) >= 11 is 12.3. The van der Waals surface area contributed by atoms with E-state index in [1.807, 2.05) is 13.8 Å². The first-order chi connectivity index (χ1) is 12.2. The Balaban J connectivity index is 2.28. The average Bonchev–Trinajstić information content (AvgIpc) is 2.59. The molecule has 1 amide bonds. The topological polar surface area (TPSA) is 75.7 Å². The average molecular weight is 423 g/mol. The molecule has 9 heteroatoms. The molecule has 0 aromatic heterocycles. The van der Waals surface area contributed by atoms with Gasteiger partial charge in [0.2, 0.25) is 10.0 Å². The number of sulfonamides is 1. The third-order valence-electron chi connectivity index (χ3n) is 4.29. The fraction of sp³-hybridized carbons (Fsp3) is 0.588. The van der Waals surface area contributed by atoms with Crippen LogP contribution in [0.15, 0.2) is 17.0 Å². The number of carbonyl (C=O) groups excluding carboxylic acids is 1. The smallest absolute Gasteiger partial charge is 0.255 e. The minimum Gasteiger partial charge on any atom is -0.381 e. The summed E-state index contributed by atoms with van der Waals surface area (Å²) in [6.45, 7) is 5.12. The van der Waals surface area contributed by atoms with Crippen LogP contribution in [0.5, 0.6) is 0 Å². The van der Waals surface area contributed by atoms with Gasteiger partial charge < -0.3 is 9.64 Å². The van der Waals surface area contributed by atoms with Crippen molar-refractivity contribution >= 4 is 39.1 Å². The number of methoxy groups -OCH3 is 1. The highest BCUT2D eigenvalue weighted by Gasteiger charge is 2.27. The van der Waals surface area contributed by atoms with Crippen molar-refractivity contribution < 1.29 is 17.9 Å². The molecule has 2 rings (SSSR count). The molecule has 0 radical (unpaired) electrons. The first-order valence-corrected chi connectivity index (χ1v) is 10.7. The lowest BCUT2D eigenvalue weighted by Gasteiger charge is -2.31. The Labute approximate surface area is 164 Å². The van der Waals surface area contributed by atoms with Crippen LogP contribution in [0, 0.1) is 5.92 Å². The molecule has 1 aliphatic heterocycles.